The lowest BCUT2D eigenvalue weighted by Crippen LogP contribution is -2.37. The summed E-state index contributed by atoms with van der Waals surface area (Å²) in [6, 6.07) is 15.9. The molecule has 30 heavy (non-hydrogen) atoms. The lowest BCUT2D eigenvalue weighted by atomic mass is 10.1. The van der Waals surface area contributed by atoms with Crippen molar-refractivity contribution in [3.63, 3.8) is 0 Å². The number of fused-ring (bicyclic) bond motifs is 1. The summed E-state index contributed by atoms with van der Waals surface area (Å²) in [4.78, 5) is 22.0. The highest BCUT2D eigenvalue weighted by atomic mass is 16.5. The van der Waals surface area contributed by atoms with Crippen LogP contribution in [0, 0.1) is 6.92 Å². The van der Waals surface area contributed by atoms with E-state index in [-0.39, 0.29) is 5.91 Å². The van der Waals surface area contributed by atoms with Gasteiger partial charge in [0.15, 0.2) is 0 Å². The van der Waals surface area contributed by atoms with Crippen LogP contribution in [-0.2, 0) is 11.3 Å². The summed E-state index contributed by atoms with van der Waals surface area (Å²) in [6.45, 7) is 5.60. The van der Waals surface area contributed by atoms with E-state index in [4.69, 9.17) is 9.47 Å². The van der Waals surface area contributed by atoms with Crippen LogP contribution in [0.1, 0.15) is 21.6 Å². The third-order valence-corrected chi connectivity index (χ3v) is 5.54. The first-order chi connectivity index (χ1) is 14.6. The molecule has 6 nitrogen and oxygen atoms in total. The number of anilines is 1. The lowest BCUT2D eigenvalue weighted by Gasteiger charge is -2.31. The molecule has 0 atom stereocenters. The Morgan fingerprint density at radius 3 is 2.70 bits per heavy atom. The number of aryl methyl sites for hydroxylation is 1. The van der Waals surface area contributed by atoms with Crippen molar-refractivity contribution in [1.29, 1.82) is 0 Å². The molecule has 0 aliphatic carbocycles. The molecule has 1 aliphatic heterocycles. The number of benzene rings is 2. The van der Waals surface area contributed by atoms with E-state index < -0.39 is 0 Å². The SMILES string of the molecule is COc1ccc2nc(C)c(C(=O)N(C)Cc3ccccc3N3CCOCC3)cc2c1. The van der Waals surface area contributed by atoms with Crippen LogP contribution in [0.15, 0.2) is 48.5 Å². The van der Waals surface area contributed by atoms with Gasteiger partial charge in [-0.3, -0.25) is 9.78 Å². The Morgan fingerprint density at radius 2 is 1.93 bits per heavy atom. The number of carbonyl (C=O) groups excluding carboxylic acids is 1. The molecule has 0 spiro atoms. The van der Waals surface area contributed by atoms with E-state index in [2.05, 4.69) is 22.0 Å². The first-order valence-electron chi connectivity index (χ1n) is 10.2. The molecule has 1 saturated heterocycles. The minimum absolute atomic E-state index is 0.0403. The smallest absolute Gasteiger partial charge is 0.255 e. The predicted molar refractivity (Wildman–Crippen MR) is 118 cm³/mol. The Morgan fingerprint density at radius 1 is 1.17 bits per heavy atom. The number of hydrogen-bond donors (Lipinski definition) is 0. The second kappa shape index (κ2) is 8.71. The molecule has 0 N–H and O–H groups in total. The maximum Gasteiger partial charge on any atom is 0.255 e. The van der Waals surface area contributed by atoms with Gasteiger partial charge in [0.25, 0.3) is 5.91 Å². The summed E-state index contributed by atoms with van der Waals surface area (Å²) in [7, 11) is 3.47. The normalized spacial score (nSPS) is 14.0. The number of nitrogens with zero attached hydrogens (tertiary/aromatic N) is 3. The van der Waals surface area contributed by atoms with E-state index in [9.17, 15) is 4.79 Å². The van der Waals surface area contributed by atoms with Gasteiger partial charge in [-0.15, -0.1) is 0 Å². The highest BCUT2D eigenvalue weighted by Gasteiger charge is 2.20. The fraction of sp³-hybridized carbons (Fsp3) is 0.333. The van der Waals surface area contributed by atoms with E-state index in [0.29, 0.717) is 12.1 Å². The van der Waals surface area contributed by atoms with Gasteiger partial charge in [0, 0.05) is 37.8 Å². The third kappa shape index (κ3) is 4.09. The molecule has 4 rings (SSSR count). The number of hydrogen-bond acceptors (Lipinski definition) is 5. The van der Waals surface area contributed by atoms with Crippen LogP contribution in [0.3, 0.4) is 0 Å². The average molecular weight is 405 g/mol. The van der Waals surface area contributed by atoms with Crippen LogP contribution in [0.2, 0.25) is 0 Å². The predicted octanol–water partition coefficient (Wildman–Crippen LogP) is 3.66. The van der Waals surface area contributed by atoms with Crippen molar-refractivity contribution in [3.05, 3.63) is 65.4 Å². The molecule has 0 radical (unpaired) electrons. The molecule has 2 aromatic carbocycles. The topological polar surface area (TPSA) is 54.9 Å². The van der Waals surface area contributed by atoms with Crippen LogP contribution in [0.25, 0.3) is 10.9 Å². The van der Waals surface area contributed by atoms with Crippen molar-refractivity contribution < 1.29 is 14.3 Å². The number of pyridine rings is 1. The number of methoxy groups -OCH3 is 1. The molecule has 156 valence electrons. The molecule has 1 aliphatic rings. The molecule has 1 aromatic heterocycles. The summed E-state index contributed by atoms with van der Waals surface area (Å²) >= 11 is 0. The number of morpholine rings is 1. The van der Waals surface area contributed by atoms with Crippen LogP contribution in [0.5, 0.6) is 5.75 Å². The zero-order valence-corrected chi connectivity index (χ0v) is 17.7. The monoisotopic (exact) mass is 405 g/mol. The van der Waals surface area contributed by atoms with E-state index in [1.54, 1.807) is 12.0 Å². The van der Waals surface area contributed by atoms with Gasteiger partial charge in [-0.1, -0.05) is 18.2 Å². The quantitative estimate of drug-likeness (QED) is 0.648. The van der Waals surface area contributed by atoms with Crippen molar-refractivity contribution in [2.24, 2.45) is 0 Å². The first kappa shape index (κ1) is 20.2. The summed E-state index contributed by atoms with van der Waals surface area (Å²) in [5, 5.41) is 0.894. The Kier molecular flexibility index (Phi) is 5.86. The van der Waals surface area contributed by atoms with Crippen molar-refractivity contribution in [1.82, 2.24) is 9.88 Å². The van der Waals surface area contributed by atoms with Crippen molar-refractivity contribution >= 4 is 22.5 Å². The maximum atomic E-state index is 13.3. The number of para-hydroxylation sites is 1. The van der Waals surface area contributed by atoms with Gasteiger partial charge in [0.1, 0.15) is 5.75 Å². The maximum absolute atomic E-state index is 13.3. The number of aromatic nitrogens is 1. The van der Waals surface area contributed by atoms with E-state index in [1.807, 2.05) is 50.4 Å². The van der Waals surface area contributed by atoms with Gasteiger partial charge in [0.2, 0.25) is 0 Å². The molecule has 6 heteroatoms. The fourth-order valence-electron chi connectivity index (χ4n) is 3.88. The molecule has 0 saturated carbocycles. The summed E-state index contributed by atoms with van der Waals surface area (Å²) in [5.74, 6) is 0.709. The Labute approximate surface area is 177 Å². The minimum atomic E-state index is -0.0403. The molecular weight excluding hydrogens is 378 g/mol. The molecule has 1 amide bonds. The fourth-order valence-corrected chi connectivity index (χ4v) is 3.88. The summed E-state index contributed by atoms with van der Waals surface area (Å²) in [6.07, 6.45) is 0. The number of amides is 1. The molecule has 1 fully saturated rings. The van der Waals surface area contributed by atoms with Gasteiger partial charge in [-0.2, -0.15) is 0 Å². The van der Waals surface area contributed by atoms with Crippen molar-refractivity contribution in [2.45, 2.75) is 13.5 Å². The molecule has 2 heterocycles. The highest BCUT2D eigenvalue weighted by Crippen LogP contribution is 2.25. The van der Waals surface area contributed by atoms with E-state index in [0.717, 1.165) is 54.2 Å². The number of carbonyl (C=O) groups is 1. The Hall–Kier alpha value is -3.12. The van der Waals surface area contributed by atoms with Gasteiger partial charge < -0.3 is 19.3 Å². The van der Waals surface area contributed by atoms with Gasteiger partial charge in [-0.05, 0) is 42.8 Å². The highest BCUT2D eigenvalue weighted by molar-refractivity contribution is 5.98. The molecular formula is C24H27N3O3. The zero-order chi connectivity index (χ0) is 21.1. The largest absolute Gasteiger partial charge is 0.497 e. The first-order valence-corrected chi connectivity index (χ1v) is 10.2. The van der Waals surface area contributed by atoms with Gasteiger partial charge in [0.05, 0.1) is 37.1 Å². The average Bonchev–Trinajstić information content (AvgIpc) is 2.78. The molecule has 0 bridgehead atoms. The Balaban J connectivity index is 1.59. The van der Waals surface area contributed by atoms with Crippen LogP contribution in [0.4, 0.5) is 5.69 Å². The van der Waals surface area contributed by atoms with Crippen molar-refractivity contribution in [3.8, 4) is 5.75 Å². The van der Waals surface area contributed by atoms with E-state index in [1.165, 1.54) is 5.69 Å². The van der Waals surface area contributed by atoms with E-state index >= 15 is 0 Å². The number of rotatable bonds is 5. The third-order valence-electron chi connectivity index (χ3n) is 5.54. The molecule has 3 aromatic rings. The number of ether oxygens (including phenoxy) is 2. The standard InChI is InChI=1S/C24H27N3O3/c1-17-21(15-19-14-20(29-3)8-9-22(19)25-17)24(28)26(2)16-18-6-4-5-7-23(18)27-10-12-30-13-11-27/h4-9,14-15H,10-13,16H2,1-3H3. The lowest BCUT2D eigenvalue weighted by molar-refractivity contribution is 0.0784. The van der Waals surface area contributed by atoms with Crippen LogP contribution < -0.4 is 9.64 Å². The van der Waals surface area contributed by atoms with Crippen LogP contribution in [-0.4, -0.2) is 56.3 Å². The Bertz CT molecular complexity index is 1060. The second-order valence-electron chi connectivity index (χ2n) is 7.57. The summed E-state index contributed by atoms with van der Waals surface area (Å²) < 4.78 is 10.8. The second-order valence-corrected chi connectivity index (χ2v) is 7.57. The van der Waals surface area contributed by atoms with Gasteiger partial charge in [-0.25, -0.2) is 0 Å². The minimum Gasteiger partial charge on any atom is -0.497 e. The van der Waals surface area contributed by atoms with Gasteiger partial charge >= 0.3 is 0 Å². The zero-order valence-electron chi connectivity index (χ0n) is 17.7. The van der Waals surface area contributed by atoms with Crippen LogP contribution >= 0.6 is 0 Å². The summed E-state index contributed by atoms with van der Waals surface area (Å²) in [5.41, 5.74) is 4.49. The van der Waals surface area contributed by atoms with Crippen molar-refractivity contribution in [2.75, 3.05) is 45.4 Å². The molecule has 0 unspecified atom stereocenters.